The van der Waals surface area contributed by atoms with Gasteiger partial charge in [0.05, 0.1) is 7.11 Å². The lowest BCUT2D eigenvalue weighted by Crippen LogP contribution is -2.20. The summed E-state index contributed by atoms with van der Waals surface area (Å²) < 4.78 is 5.44. The zero-order valence-corrected chi connectivity index (χ0v) is 9.36. The van der Waals surface area contributed by atoms with Crippen LogP contribution in [0.2, 0.25) is 0 Å². The minimum Gasteiger partial charge on any atom is -0.496 e. The lowest BCUT2D eigenvalue weighted by atomic mass is 9.96. The Morgan fingerprint density at radius 2 is 1.88 bits per heavy atom. The first-order valence-electron chi connectivity index (χ1n) is 5.60. The minimum absolute atomic E-state index is 0.161. The number of ether oxygens (including phenoxy) is 1. The van der Waals surface area contributed by atoms with Crippen LogP contribution in [0.3, 0.4) is 0 Å². The molecule has 1 fully saturated rings. The van der Waals surface area contributed by atoms with Crippen molar-refractivity contribution in [2.24, 2.45) is 5.73 Å². The molecule has 0 spiro atoms. The molecule has 0 radical (unpaired) electrons. The van der Waals surface area contributed by atoms with Gasteiger partial charge in [0.2, 0.25) is 0 Å². The van der Waals surface area contributed by atoms with E-state index in [0.717, 1.165) is 18.6 Å². The number of methoxy groups -OCH3 is 1. The third-order valence-electron chi connectivity index (χ3n) is 3.40. The third kappa shape index (κ3) is 1.30. The topological polar surface area (TPSA) is 35.2 Å². The highest BCUT2D eigenvalue weighted by Gasteiger charge is 2.43. The number of nitrogens with two attached hydrogens (primary N) is 1. The van der Waals surface area contributed by atoms with E-state index in [4.69, 9.17) is 10.5 Å². The molecular weight excluding hydrogens is 198 g/mol. The number of fused-ring (bicyclic) bond motifs is 1. The lowest BCUT2D eigenvalue weighted by Gasteiger charge is -2.17. The molecule has 2 aromatic carbocycles. The van der Waals surface area contributed by atoms with E-state index >= 15 is 0 Å². The molecule has 1 aliphatic carbocycles. The number of hydrogen-bond donors (Lipinski definition) is 1. The van der Waals surface area contributed by atoms with E-state index in [1.807, 2.05) is 6.07 Å². The van der Waals surface area contributed by atoms with Gasteiger partial charge >= 0.3 is 0 Å². The molecule has 82 valence electrons. The van der Waals surface area contributed by atoms with Gasteiger partial charge in [0, 0.05) is 11.1 Å². The molecule has 0 aliphatic heterocycles. The van der Waals surface area contributed by atoms with Crippen molar-refractivity contribution in [1.82, 2.24) is 0 Å². The van der Waals surface area contributed by atoms with Crippen molar-refractivity contribution in [3.05, 3.63) is 42.0 Å². The molecule has 0 aromatic heterocycles. The smallest absolute Gasteiger partial charge is 0.124 e. The average Bonchev–Trinajstić information content (AvgIpc) is 3.06. The molecule has 2 heteroatoms. The molecule has 2 N–H and O–H groups in total. The van der Waals surface area contributed by atoms with Crippen LogP contribution in [0.4, 0.5) is 0 Å². The van der Waals surface area contributed by atoms with Gasteiger partial charge in [-0.1, -0.05) is 30.3 Å². The van der Waals surface area contributed by atoms with Gasteiger partial charge in [0.1, 0.15) is 5.75 Å². The van der Waals surface area contributed by atoms with Crippen LogP contribution < -0.4 is 10.5 Å². The largest absolute Gasteiger partial charge is 0.496 e. The maximum absolute atomic E-state index is 6.33. The van der Waals surface area contributed by atoms with Crippen LogP contribution in [0.15, 0.2) is 36.4 Å². The summed E-state index contributed by atoms with van der Waals surface area (Å²) in [6.07, 6.45) is 2.11. The third-order valence-corrected chi connectivity index (χ3v) is 3.40. The standard InChI is InChI=1S/C14H15NO/c1-16-12-7-6-10-4-2-3-5-11(10)13(12)14(15)8-9-14/h2-7H,8-9,15H2,1H3. The van der Waals surface area contributed by atoms with Gasteiger partial charge in [-0.05, 0) is 29.7 Å². The highest BCUT2D eigenvalue weighted by atomic mass is 16.5. The Labute approximate surface area is 95.0 Å². The second-order valence-corrected chi connectivity index (χ2v) is 4.52. The van der Waals surface area contributed by atoms with Crippen LogP contribution in [0, 0.1) is 0 Å². The summed E-state index contributed by atoms with van der Waals surface area (Å²) in [4.78, 5) is 0. The molecule has 2 aromatic rings. The summed E-state index contributed by atoms with van der Waals surface area (Å²) in [7, 11) is 1.71. The van der Waals surface area contributed by atoms with Crippen molar-refractivity contribution in [3.63, 3.8) is 0 Å². The van der Waals surface area contributed by atoms with E-state index in [2.05, 4.69) is 30.3 Å². The summed E-state index contributed by atoms with van der Waals surface area (Å²) in [6, 6.07) is 12.4. The maximum atomic E-state index is 6.33. The molecule has 0 bridgehead atoms. The molecule has 0 atom stereocenters. The van der Waals surface area contributed by atoms with Crippen LogP contribution in [-0.2, 0) is 5.54 Å². The van der Waals surface area contributed by atoms with Crippen LogP contribution in [0.5, 0.6) is 5.75 Å². The fourth-order valence-corrected chi connectivity index (χ4v) is 2.32. The van der Waals surface area contributed by atoms with E-state index < -0.39 is 0 Å². The Kier molecular flexibility index (Phi) is 1.95. The Balaban J connectivity index is 2.35. The van der Waals surface area contributed by atoms with Crippen molar-refractivity contribution < 1.29 is 4.74 Å². The maximum Gasteiger partial charge on any atom is 0.124 e. The number of benzene rings is 2. The highest BCUT2D eigenvalue weighted by molar-refractivity contribution is 5.89. The van der Waals surface area contributed by atoms with Gasteiger partial charge < -0.3 is 10.5 Å². The molecule has 0 heterocycles. The molecular formula is C14H15NO. The van der Waals surface area contributed by atoms with Gasteiger partial charge in [-0.25, -0.2) is 0 Å². The van der Waals surface area contributed by atoms with Crippen LogP contribution in [-0.4, -0.2) is 7.11 Å². The second-order valence-electron chi connectivity index (χ2n) is 4.52. The van der Waals surface area contributed by atoms with Gasteiger partial charge in [-0.3, -0.25) is 0 Å². The summed E-state index contributed by atoms with van der Waals surface area (Å²) in [6.45, 7) is 0. The van der Waals surface area contributed by atoms with Crippen molar-refractivity contribution in [2.75, 3.05) is 7.11 Å². The second kappa shape index (κ2) is 3.22. The number of hydrogen-bond acceptors (Lipinski definition) is 2. The summed E-state index contributed by atoms with van der Waals surface area (Å²) >= 11 is 0. The molecule has 2 nitrogen and oxygen atoms in total. The first-order valence-corrected chi connectivity index (χ1v) is 5.60. The Bertz CT molecular complexity index is 543. The zero-order valence-electron chi connectivity index (χ0n) is 9.36. The Morgan fingerprint density at radius 3 is 2.56 bits per heavy atom. The number of rotatable bonds is 2. The fourth-order valence-electron chi connectivity index (χ4n) is 2.32. The SMILES string of the molecule is COc1ccc2ccccc2c1C1(N)CC1. The van der Waals surface area contributed by atoms with Crippen LogP contribution in [0.25, 0.3) is 10.8 Å². The van der Waals surface area contributed by atoms with Crippen molar-refractivity contribution in [2.45, 2.75) is 18.4 Å². The molecule has 1 aliphatic rings. The monoisotopic (exact) mass is 213 g/mol. The van der Waals surface area contributed by atoms with Crippen molar-refractivity contribution in [1.29, 1.82) is 0 Å². The summed E-state index contributed by atoms with van der Waals surface area (Å²) in [5.41, 5.74) is 7.34. The highest BCUT2D eigenvalue weighted by Crippen LogP contribution is 2.49. The average molecular weight is 213 g/mol. The molecule has 3 rings (SSSR count). The Hall–Kier alpha value is -1.54. The molecule has 1 saturated carbocycles. The first-order chi connectivity index (χ1) is 7.74. The lowest BCUT2D eigenvalue weighted by molar-refractivity contribution is 0.405. The fraction of sp³-hybridized carbons (Fsp3) is 0.286. The molecule has 0 saturated heterocycles. The predicted molar refractivity (Wildman–Crippen MR) is 65.6 cm³/mol. The van der Waals surface area contributed by atoms with E-state index in [0.29, 0.717) is 0 Å². The summed E-state index contributed by atoms with van der Waals surface area (Å²) in [5.74, 6) is 0.915. The normalized spacial score (nSPS) is 17.4. The van der Waals surface area contributed by atoms with Gasteiger partial charge in [0.25, 0.3) is 0 Å². The first kappa shape index (κ1) is 9.67. The van der Waals surface area contributed by atoms with Gasteiger partial charge in [-0.15, -0.1) is 0 Å². The van der Waals surface area contributed by atoms with E-state index in [9.17, 15) is 0 Å². The molecule has 0 unspecified atom stereocenters. The van der Waals surface area contributed by atoms with Crippen molar-refractivity contribution in [3.8, 4) is 5.75 Å². The quantitative estimate of drug-likeness (QED) is 0.832. The Morgan fingerprint density at radius 1 is 1.12 bits per heavy atom. The molecule has 16 heavy (non-hydrogen) atoms. The van der Waals surface area contributed by atoms with Crippen LogP contribution >= 0.6 is 0 Å². The zero-order chi connectivity index (χ0) is 11.2. The van der Waals surface area contributed by atoms with Crippen LogP contribution in [0.1, 0.15) is 18.4 Å². The van der Waals surface area contributed by atoms with E-state index in [1.54, 1.807) is 7.11 Å². The molecule has 0 amide bonds. The van der Waals surface area contributed by atoms with Gasteiger partial charge in [0.15, 0.2) is 0 Å². The van der Waals surface area contributed by atoms with E-state index in [1.165, 1.54) is 16.3 Å². The van der Waals surface area contributed by atoms with Crippen molar-refractivity contribution >= 4 is 10.8 Å². The minimum atomic E-state index is -0.161. The summed E-state index contributed by atoms with van der Waals surface area (Å²) in [5, 5.41) is 2.46. The van der Waals surface area contributed by atoms with E-state index in [-0.39, 0.29) is 5.54 Å². The van der Waals surface area contributed by atoms with Gasteiger partial charge in [-0.2, -0.15) is 0 Å². The predicted octanol–water partition coefficient (Wildman–Crippen LogP) is 2.80.